The Hall–Kier alpha value is -2.97. The van der Waals surface area contributed by atoms with Crippen molar-refractivity contribution in [3.63, 3.8) is 0 Å². The molecule has 0 aliphatic rings. The van der Waals surface area contributed by atoms with Gasteiger partial charge in [-0.1, -0.05) is 29.8 Å². The van der Waals surface area contributed by atoms with Crippen LogP contribution >= 0.6 is 11.6 Å². The lowest BCUT2D eigenvalue weighted by molar-refractivity contribution is 0.0716. The van der Waals surface area contributed by atoms with Crippen molar-refractivity contribution < 1.29 is 22.7 Å². The lowest BCUT2D eigenvalue weighted by atomic mass is 10.0. The van der Waals surface area contributed by atoms with Crippen molar-refractivity contribution in [2.45, 2.75) is 32.2 Å². The first kappa shape index (κ1) is 22.7. The van der Waals surface area contributed by atoms with Gasteiger partial charge >= 0.3 is 5.97 Å². The van der Waals surface area contributed by atoms with Gasteiger partial charge in [-0.25, -0.2) is 17.9 Å². The molecule has 0 aliphatic heterocycles. The summed E-state index contributed by atoms with van der Waals surface area (Å²) in [6.07, 6.45) is 2.40. The highest BCUT2D eigenvalue weighted by Crippen LogP contribution is 2.33. The van der Waals surface area contributed by atoms with E-state index in [4.69, 9.17) is 16.3 Å². The summed E-state index contributed by atoms with van der Waals surface area (Å²) in [5.74, 6) is -1.15. The van der Waals surface area contributed by atoms with Crippen LogP contribution < -0.4 is 4.74 Å². The molecule has 0 saturated carbocycles. The number of aryl methyl sites for hydroxylation is 2. The summed E-state index contributed by atoms with van der Waals surface area (Å²) in [5.41, 5.74) is 1.18. The SMILES string of the molecule is CCn1ncc(C(=O)c2cc(C)c(S(C)(=O)=O)c(C)c2Cl)c1OC(=O)c1ccccc1. The first-order valence-corrected chi connectivity index (χ1v) is 11.7. The van der Waals surface area contributed by atoms with Crippen molar-refractivity contribution in [2.24, 2.45) is 0 Å². The molecule has 0 radical (unpaired) electrons. The average Bonchev–Trinajstić information content (AvgIpc) is 3.12. The smallest absolute Gasteiger partial charge is 0.344 e. The predicted molar refractivity (Wildman–Crippen MR) is 117 cm³/mol. The predicted octanol–water partition coefficient (Wildman–Crippen LogP) is 4.03. The molecule has 162 valence electrons. The molecule has 2 aromatic carbocycles. The average molecular weight is 461 g/mol. The van der Waals surface area contributed by atoms with Gasteiger partial charge in [0.15, 0.2) is 9.84 Å². The topological polar surface area (TPSA) is 95.3 Å². The molecular weight excluding hydrogens is 440 g/mol. The van der Waals surface area contributed by atoms with Gasteiger partial charge in [-0.15, -0.1) is 0 Å². The van der Waals surface area contributed by atoms with Crippen LogP contribution in [0.1, 0.15) is 44.3 Å². The number of hydrogen-bond donors (Lipinski definition) is 0. The van der Waals surface area contributed by atoms with Crippen LogP contribution in [0.2, 0.25) is 5.02 Å². The molecule has 0 bridgehead atoms. The molecule has 0 aliphatic carbocycles. The van der Waals surface area contributed by atoms with Crippen molar-refractivity contribution in [3.05, 3.63) is 75.4 Å². The summed E-state index contributed by atoms with van der Waals surface area (Å²) < 4.78 is 31.1. The molecule has 0 spiro atoms. The Balaban J connectivity index is 2.08. The monoisotopic (exact) mass is 460 g/mol. The molecule has 0 fully saturated rings. The summed E-state index contributed by atoms with van der Waals surface area (Å²) in [5, 5.41) is 4.17. The van der Waals surface area contributed by atoms with E-state index >= 15 is 0 Å². The molecule has 0 saturated heterocycles. The Bertz CT molecular complexity index is 1280. The number of ether oxygens (including phenoxy) is 1. The number of halogens is 1. The van der Waals surface area contributed by atoms with Crippen LogP contribution in [-0.4, -0.2) is 36.2 Å². The van der Waals surface area contributed by atoms with Crippen molar-refractivity contribution >= 4 is 33.2 Å². The molecule has 0 N–H and O–H groups in total. The molecule has 3 aromatic rings. The van der Waals surface area contributed by atoms with Gasteiger partial charge in [0.2, 0.25) is 11.7 Å². The lowest BCUT2D eigenvalue weighted by Crippen LogP contribution is -2.15. The van der Waals surface area contributed by atoms with Crippen LogP contribution in [0.15, 0.2) is 47.5 Å². The van der Waals surface area contributed by atoms with E-state index in [-0.39, 0.29) is 26.9 Å². The Morgan fingerprint density at radius 3 is 2.35 bits per heavy atom. The summed E-state index contributed by atoms with van der Waals surface area (Å²) in [4.78, 5) is 26.0. The standard InChI is InChI=1S/C22H21ClN2O5S/c1-5-25-21(30-22(27)15-9-7-6-8-10-15)17(12-24-25)19(26)16-11-13(2)20(31(4,28)29)14(3)18(16)23/h6-12H,5H2,1-4H3. The molecule has 1 aromatic heterocycles. The van der Waals surface area contributed by atoms with E-state index in [1.54, 1.807) is 51.1 Å². The van der Waals surface area contributed by atoms with Crippen molar-refractivity contribution in [1.82, 2.24) is 9.78 Å². The Kier molecular flexibility index (Phi) is 6.33. The summed E-state index contributed by atoms with van der Waals surface area (Å²) in [6, 6.07) is 9.81. The number of nitrogens with zero attached hydrogens (tertiary/aromatic N) is 2. The highest BCUT2D eigenvalue weighted by Gasteiger charge is 2.27. The normalized spacial score (nSPS) is 11.4. The molecule has 0 unspecified atom stereocenters. The minimum atomic E-state index is -3.53. The quantitative estimate of drug-likeness (QED) is 0.407. The maximum atomic E-state index is 13.3. The lowest BCUT2D eigenvalue weighted by Gasteiger charge is -2.14. The molecular formula is C22H21ClN2O5S. The van der Waals surface area contributed by atoms with Crippen LogP contribution in [0, 0.1) is 13.8 Å². The fourth-order valence-electron chi connectivity index (χ4n) is 3.41. The van der Waals surface area contributed by atoms with Gasteiger partial charge in [-0.05, 0) is 50.1 Å². The number of esters is 1. The number of sulfone groups is 1. The second-order valence-electron chi connectivity index (χ2n) is 7.05. The number of carbonyl (C=O) groups is 2. The van der Waals surface area contributed by atoms with E-state index in [9.17, 15) is 18.0 Å². The van der Waals surface area contributed by atoms with Crippen LogP contribution in [0.3, 0.4) is 0 Å². The van der Waals surface area contributed by atoms with E-state index in [2.05, 4.69) is 5.10 Å². The van der Waals surface area contributed by atoms with Crippen molar-refractivity contribution in [2.75, 3.05) is 6.26 Å². The summed E-state index contributed by atoms with van der Waals surface area (Å²) >= 11 is 6.40. The zero-order chi connectivity index (χ0) is 22.9. The highest BCUT2D eigenvalue weighted by molar-refractivity contribution is 7.90. The van der Waals surface area contributed by atoms with E-state index in [1.807, 2.05) is 0 Å². The number of carbonyl (C=O) groups excluding carboxylic acids is 2. The van der Waals surface area contributed by atoms with Crippen LogP contribution in [-0.2, 0) is 16.4 Å². The molecule has 1 heterocycles. The molecule has 7 nitrogen and oxygen atoms in total. The molecule has 0 amide bonds. The maximum Gasteiger partial charge on any atom is 0.344 e. The van der Waals surface area contributed by atoms with Gasteiger partial charge in [0, 0.05) is 18.4 Å². The Morgan fingerprint density at radius 1 is 1.13 bits per heavy atom. The fourth-order valence-corrected chi connectivity index (χ4v) is 5.00. The molecule has 0 atom stereocenters. The second-order valence-corrected chi connectivity index (χ2v) is 9.38. The molecule has 3 rings (SSSR count). The third kappa shape index (κ3) is 4.40. The van der Waals surface area contributed by atoms with Gasteiger partial charge in [-0.2, -0.15) is 5.10 Å². The zero-order valence-electron chi connectivity index (χ0n) is 17.5. The largest absolute Gasteiger partial charge is 0.403 e. The minimum absolute atomic E-state index is 0.0000783. The van der Waals surface area contributed by atoms with E-state index in [0.717, 1.165) is 6.26 Å². The minimum Gasteiger partial charge on any atom is -0.403 e. The number of benzene rings is 2. The third-order valence-electron chi connectivity index (χ3n) is 4.77. The molecule has 9 heteroatoms. The van der Waals surface area contributed by atoms with Gasteiger partial charge in [0.05, 0.1) is 21.7 Å². The van der Waals surface area contributed by atoms with Crippen LogP contribution in [0.25, 0.3) is 0 Å². The first-order valence-electron chi connectivity index (χ1n) is 9.43. The third-order valence-corrected chi connectivity index (χ3v) is 6.63. The van der Waals surface area contributed by atoms with Crippen molar-refractivity contribution in [3.8, 4) is 5.88 Å². The number of aromatic nitrogens is 2. The fraction of sp³-hybridized carbons (Fsp3) is 0.227. The maximum absolute atomic E-state index is 13.3. The Labute approximate surface area is 185 Å². The highest BCUT2D eigenvalue weighted by atomic mass is 35.5. The van der Waals surface area contributed by atoms with Gasteiger partial charge in [0.25, 0.3) is 0 Å². The number of ketones is 1. The van der Waals surface area contributed by atoms with E-state index < -0.39 is 21.6 Å². The zero-order valence-corrected chi connectivity index (χ0v) is 19.0. The Morgan fingerprint density at radius 2 is 1.77 bits per heavy atom. The van der Waals surface area contributed by atoms with E-state index in [0.29, 0.717) is 23.2 Å². The van der Waals surface area contributed by atoms with Gasteiger partial charge < -0.3 is 4.74 Å². The number of hydrogen-bond acceptors (Lipinski definition) is 6. The van der Waals surface area contributed by atoms with Crippen LogP contribution in [0.5, 0.6) is 5.88 Å². The number of rotatable bonds is 6. The van der Waals surface area contributed by atoms with Crippen molar-refractivity contribution in [1.29, 1.82) is 0 Å². The summed E-state index contributed by atoms with van der Waals surface area (Å²) in [7, 11) is -3.53. The molecule has 31 heavy (non-hydrogen) atoms. The van der Waals surface area contributed by atoms with Gasteiger partial charge in [0.1, 0.15) is 5.56 Å². The first-order chi connectivity index (χ1) is 14.6. The van der Waals surface area contributed by atoms with Crippen LogP contribution in [0.4, 0.5) is 0 Å². The summed E-state index contributed by atoms with van der Waals surface area (Å²) in [6.45, 7) is 5.31. The van der Waals surface area contributed by atoms with E-state index in [1.165, 1.54) is 16.9 Å². The second kappa shape index (κ2) is 8.64. The van der Waals surface area contributed by atoms with Gasteiger partial charge in [-0.3, -0.25) is 4.79 Å².